The number of benzene rings is 2. The van der Waals surface area contributed by atoms with Crippen LogP contribution in [0.4, 0.5) is 0 Å². The van der Waals surface area contributed by atoms with Gasteiger partial charge in [0.15, 0.2) is 6.61 Å². The highest BCUT2D eigenvalue weighted by Crippen LogP contribution is 2.24. The normalized spacial score (nSPS) is 10.6. The smallest absolute Gasteiger partial charge is 0.342 e. The van der Waals surface area contributed by atoms with E-state index in [0.717, 1.165) is 16.7 Å². The van der Waals surface area contributed by atoms with Crippen LogP contribution in [0.1, 0.15) is 21.5 Å². The van der Waals surface area contributed by atoms with Gasteiger partial charge in [0, 0.05) is 25.4 Å². The lowest BCUT2D eigenvalue weighted by molar-refractivity contribution is -0.124. The van der Waals surface area contributed by atoms with E-state index >= 15 is 0 Å². The molecule has 3 aromatic rings. The summed E-state index contributed by atoms with van der Waals surface area (Å²) in [7, 11) is 1.55. The van der Waals surface area contributed by atoms with Gasteiger partial charge in [-0.25, -0.2) is 4.79 Å². The van der Waals surface area contributed by atoms with Crippen LogP contribution in [0.25, 0.3) is 11.3 Å². The van der Waals surface area contributed by atoms with Gasteiger partial charge in [0.2, 0.25) is 0 Å². The number of ether oxygens (including phenoxy) is 2. The van der Waals surface area contributed by atoms with Crippen LogP contribution in [0.3, 0.4) is 0 Å². The van der Waals surface area contributed by atoms with E-state index in [2.05, 4.69) is 10.4 Å². The van der Waals surface area contributed by atoms with Crippen molar-refractivity contribution in [1.29, 1.82) is 0 Å². The van der Waals surface area contributed by atoms with E-state index in [0.29, 0.717) is 31.0 Å². The summed E-state index contributed by atoms with van der Waals surface area (Å²) in [5, 5.41) is 7.23. The molecule has 7 heteroatoms. The second-order valence-electron chi connectivity index (χ2n) is 6.86. The molecule has 0 saturated heterocycles. The fourth-order valence-electron chi connectivity index (χ4n) is 2.90. The summed E-state index contributed by atoms with van der Waals surface area (Å²) >= 11 is 0. The highest BCUT2D eigenvalue weighted by atomic mass is 16.5. The number of carbonyl (C=O) groups excluding carboxylic acids is 2. The summed E-state index contributed by atoms with van der Waals surface area (Å²) in [5.41, 5.74) is 3.83. The Labute approximate surface area is 175 Å². The first-order valence-corrected chi connectivity index (χ1v) is 9.68. The lowest BCUT2D eigenvalue weighted by Crippen LogP contribution is -2.31. The molecule has 0 aliphatic heterocycles. The Balaban J connectivity index is 1.79. The van der Waals surface area contributed by atoms with Crippen molar-refractivity contribution in [2.45, 2.75) is 13.5 Å². The fourth-order valence-corrected chi connectivity index (χ4v) is 2.90. The maximum atomic E-state index is 12.7. The van der Waals surface area contributed by atoms with Gasteiger partial charge in [-0.2, -0.15) is 5.10 Å². The monoisotopic (exact) mass is 407 g/mol. The largest absolute Gasteiger partial charge is 0.452 e. The van der Waals surface area contributed by atoms with Crippen molar-refractivity contribution >= 4 is 11.9 Å². The van der Waals surface area contributed by atoms with Crippen LogP contribution < -0.4 is 5.32 Å². The van der Waals surface area contributed by atoms with Gasteiger partial charge in [-0.15, -0.1) is 0 Å². The van der Waals surface area contributed by atoms with Crippen LogP contribution in [0.15, 0.2) is 60.8 Å². The SMILES string of the molecule is COCCNC(=O)COC(=O)c1cn(Cc2ccccc2)nc1-c1ccc(C)cc1. The zero-order valence-corrected chi connectivity index (χ0v) is 17.1. The molecule has 0 fully saturated rings. The van der Waals surface area contributed by atoms with E-state index in [9.17, 15) is 9.59 Å². The minimum atomic E-state index is -0.591. The Morgan fingerprint density at radius 2 is 1.80 bits per heavy atom. The number of hydrogen-bond acceptors (Lipinski definition) is 5. The number of carbonyl (C=O) groups is 2. The molecule has 1 heterocycles. The summed E-state index contributed by atoms with van der Waals surface area (Å²) < 4.78 is 11.8. The molecule has 0 aliphatic rings. The van der Waals surface area contributed by atoms with Crippen molar-refractivity contribution < 1.29 is 19.1 Å². The van der Waals surface area contributed by atoms with E-state index in [1.54, 1.807) is 18.0 Å². The highest BCUT2D eigenvalue weighted by molar-refractivity contribution is 5.97. The molecule has 1 aromatic heterocycles. The molecular weight excluding hydrogens is 382 g/mol. The van der Waals surface area contributed by atoms with Gasteiger partial charge in [0.05, 0.1) is 13.2 Å². The zero-order valence-electron chi connectivity index (χ0n) is 17.1. The molecule has 156 valence electrons. The Hall–Kier alpha value is -3.45. The van der Waals surface area contributed by atoms with Crippen LogP contribution in [0, 0.1) is 6.92 Å². The molecule has 3 rings (SSSR count). The number of aryl methyl sites for hydroxylation is 1. The van der Waals surface area contributed by atoms with E-state index in [4.69, 9.17) is 9.47 Å². The molecule has 0 unspecified atom stereocenters. The minimum Gasteiger partial charge on any atom is -0.452 e. The standard InChI is InChI=1S/C23H25N3O4/c1-17-8-10-19(11-9-17)22-20(23(28)30-16-21(27)24-12-13-29-2)15-26(25-22)14-18-6-4-3-5-7-18/h3-11,15H,12-14,16H2,1-2H3,(H,24,27). The third kappa shape index (κ3) is 5.78. The second kappa shape index (κ2) is 10.4. The molecule has 1 amide bonds. The minimum absolute atomic E-state index is 0.319. The first-order chi connectivity index (χ1) is 14.6. The number of nitrogens with zero attached hydrogens (tertiary/aromatic N) is 2. The first kappa shape index (κ1) is 21.3. The van der Waals surface area contributed by atoms with Gasteiger partial charge in [-0.05, 0) is 12.5 Å². The van der Waals surface area contributed by atoms with Crippen molar-refractivity contribution in [1.82, 2.24) is 15.1 Å². The molecule has 0 spiro atoms. The Kier molecular flexibility index (Phi) is 7.34. The summed E-state index contributed by atoms with van der Waals surface area (Å²) in [6.45, 7) is 2.90. The second-order valence-corrected chi connectivity index (χ2v) is 6.86. The average molecular weight is 407 g/mol. The quantitative estimate of drug-likeness (QED) is 0.436. The van der Waals surface area contributed by atoms with Gasteiger partial charge < -0.3 is 14.8 Å². The van der Waals surface area contributed by atoms with Gasteiger partial charge in [0.1, 0.15) is 11.3 Å². The molecule has 0 saturated carbocycles. The van der Waals surface area contributed by atoms with Crippen LogP contribution in [0.2, 0.25) is 0 Å². The number of aromatic nitrogens is 2. The van der Waals surface area contributed by atoms with Gasteiger partial charge in [0.25, 0.3) is 5.91 Å². The van der Waals surface area contributed by atoms with Crippen LogP contribution in [-0.4, -0.2) is 48.5 Å². The summed E-state index contributed by atoms with van der Waals surface area (Å²) in [6, 6.07) is 17.6. The molecule has 30 heavy (non-hydrogen) atoms. The summed E-state index contributed by atoms with van der Waals surface area (Å²) in [5.74, 6) is -0.972. The third-order valence-electron chi connectivity index (χ3n) is 4.46. The Morgan fingerprint density at radius 3 is 2.50 bits per heavy atom. The maximum Gasteiger partial charge on any atom is 0.342 e. The molecule has 0 radical (unpaired) electrons. The lowest BCUT2D eigenvalue weighted by atomic mass is 10.1. The predicted octanol–water partition coefficient (Wildman–Crippen LogP) is 2.83. The lowest BCUT2D eigenvalue weighted by Gasteiger charge is -2.06. The van der Waals surface area contributed by atoms with Crippen molar-refractivity contribution in [3.05, 3.63) is 77.5 Å². The van der Waals surface area contributed by atoms with Crippen molar-refractivity contribution in [2.24, 2.45) is 0 Å². The van der Waals surface area contributed by atoms with Crippen LogP contribution >= 0.6 is 0 Å². The van der Waals surface area contributed by atoms with Gasteiger partial charge in [-0.3, -0.25) is 9.48 Å². The average Bonchev–Trinajstić information content (AvgIpc) is 3.17. The van der Waals surface area contributed by atoms with Crippen molar-refractivity contribution in [3.8, 4) is 11.3 Å². The fraction of sp³-hybridized carbons (Fsp3) is 0.261. The number of esters is 1. The molecule has 7 nitrogen and oxygen atoms in total. The maximum absolute atomic E-state index is 12.7. The van der Waals surface area contributed by atoms with Crippen molar-refractivity contribution in [2.75, 3.05) is 26.9 Å². The van der Waals surface area contributed by atoms with E-state index in [1.165, 1.54) is 0 Å². The molecule has 0 atom stereocenters. The highest BCUT2D eigenvalue weighted by Gasteiger charge is 2.20. The number of rotatable bonds is 9. The molecule has 0 aliphatic carbocycles. The molecular formula is C23H25N3O4. The van der Waals surface area contributed by atoms with E-state index < -0.39 is 5.97 Å². The van der Waals surface area contributed by atoms with E-state index in [-0.39, 0.29) is 12.5 Å². The van der Waals surface area contributed by atoms with Crippen molar-refractivity contribution in [3.63, 3.8) is 0 Å². The Morgan fingerprint density at radius 1 is 1.07 bits per heavy atom. The van der Waals surface area contributed by atoms with Gasteiger partial charge in [-0.1, -0.05) is 60.2 Å². The predicted molar refractivity (Wildman–Crippen MR) is 113 cm³/mol. The third-order valence-corrected chi connectivity index (χ3v) is 4.46. The van der Waals surface area contributed by atoms with Crippen LogP contribution in [-0.2, 0) is 20.8 Å². The van der Waals surface area contributed by atoms with E-state index in [1.807, 2.05) is 61.5 Å². The number of methoxy groups -OCH3 is 1. The summed E-state index contributed by atoms with van der Waals surface area (Å²) in [6.07, 6.45) is 1.66. The van der Waals surface area contributed by atoms with Gasteiger partial charge >= 0.3 is 5.97 Å². The molecule has 0 bridgehead atoms. The first-order valence-electron chi connectivity index (χ1n) is 9.68. The number of hydrogen-bond donors (Lipinski definition) is 1. The summed E-state index contributed by atoms with van der Waals surface area (Å²) in [4.78, 5) is 24.6. The Bertz CT molecular complexity index is 981. The molecule has 1 N–H and O–H groups in total. The van der Waals surface area contributed by atoms with Crippen LogP contribution in [0.5, 0.6) is 0 Å². The number of nitrogens with one attached hydrogen (secondary N) is 1. The molecule has 2 aromatic carbocycles. The topological polar surface area (TPSA) is 82.5 Å². The zero-order chi connectivity index (χ0) is 21.3. The number of amides is 1.